The van der Waals surface area contributed by atoms with Crippen molar-refractivity contribution in [1.29, 1.82) is 0 Å². The fourth-order valence-electron chi connectivity index (χ4n) is 1.68. The van der Waals surface area contributed by atoms with Crippen molar-refractivity contribution in [3.63, 3.8) is 0 Å². The molecule has 0 aliphatic carbocycles. The van der Waals surface area contributed by atoms with Crippen LogP contribution in [0.4, 0.5) is 0 Å². The first-order valence-corrected chi connectivity index (χ1v) is 9.84. The summed E-state index contributed by atoms with van der Waals surface area (Å²) in [6, 6.07) is 10.3. The first kappa shape index (κ1) is 21.0. The molecule has 0 atom stereocenters. The van der Waals surface area contributed by atoms with Crippen molar-refractivity contribution < 1.29 is 19.1 Å². The lowest BCUT2D eigenvalue weighted by atomic mass is 10.3. The summed E-state index contributed by atoms with van der Waals surface area (Å²) in [7, 11) is 0. The molecule has 2 aromatic carbocycles. The van der Waals surface area contributed by atoms with E-state index in [4.69, 9.17) is 21.1 Å². The van der Waals surface area contributed by atoms with E-state index in [-0.39, 0.29) is 13.2 Å². The third-order valence-electron chi connectivity index (χ3n) is 2.85. The van der Waals surface area contributed by atoms with Crippen molar-refractivity contribution in [2.45, 2.75) is 0 Å². The number of benzene rings is 2. The number of hydrogen-bond donors (Lipinski definition) is 2. The third kappa shape index (κ3) is 6.79. The van der Waals surface area contributed by atoms with Gasteiger partial charge in [-0.3, -0.25) is 20.4 Å². The minimum atomic E-state index is -0.540. The number of ether oxygens (including phenoxy) is 2. The summed E-state index contributed by atoms with van der Waals surface area (Å²) in [6.45, 7) is -0.569. The van der Waals surface area contributed by atoms with Gasteiger partial charge < -0.3 is 9.47 Å². The van der Waals surface area contributed by atoms with Crippen molar-refractivity contribution in [2.24, 2.45) is 0 Å². The van der Waals surface area contributed by atoms with Crippen LogP contribution in [-0.4, -0.2) is 25.0 Å². The van der Waals surface area contributed by atoms with Crippen LogP contribution in [0.25, 0.3) is 0 Å². The number of hydrogen-bond acceptors (Lipinski definition) is 4. The van der Waals surface area contributed by atoms with Crippen LogP contribution in [0.2, 0.25) is 5.02 Å². The Morgan fingerprint density at radius 3 is 1.88 bits per heavy atom. The predicted molar refractivity (Wildman–Crippen MR) is 108 cm³/mol. The number of carbonyl (C=O) groups is 2. The molecule has 2 aromatic rings. The topological polar surface area (TPSA) is 76.7 Å². The van der Waals surface area contributed by atoms with Crippen LogP contribution in [0, 0.1) is 0 Å². The van der Waals surface area contributed by atoms with E-state index < -0.39 is 11.8 Å². The lowest BCUT2D eigenvalue weighted by Crippen LogP contribution is -2.45. The second-order valence-electron chi connectivity index (χ2n) is 4.82. The Hall–Kier alpha value is -1.29. The molecule has 0 bridgehead atoms. The zero-order chi connectivity index (χ0) is 19.1. The van der Waals surface area contributed by atoms with Gasteiger partial charge in [0.2, 0.25) is 0 Å². The van der Waals surface area contributed by atoms with Gasteiger partial charge in [0.25, 0.3) is 11.8 Å². The zero-order valence-corrected chi connectivity index (χ0v) is 18.5. The van der Waals surface area contributed by atoms with E-state index in [1.165, 1.54) is 0 Å². The first-order chi connectivity index (χ1) is 12.3. The monoisotopic (exact) mass is 568 g/mol. The lowest BCUT2D eigenvalue weighted by Gasteiger charge is -2.11. The second-order valence-corrected chi connectivity index (χ2v) is 7.92. The van der Waals surface area contributed by atoms with Gasteiger partial charge in [0, 0.05) is 8.95 Å². The average Bonchev–Trinajstić information content (AvgIpc) is 2.58. The number of carbonyl (C=O) groups excluding carboxylic acids is 2. The Morgan fingerprint density at radius 2 is 1.35 bits per heavy atom. The molecular formula is C16H12Br3ClN2O4. The summed E-state index contributed by atoms with van der Waals surface area (Å²) in [5, 5.41) is 0.365. The highest BCUT2D eigenvalue weighted by Gasteiger charge is 2.09. The molecule has 0 fully saturated rings. The van der Waals surface area contributed by atoms with Gasteiger partial charge in [-0.25, -0.2) is 0 Å². The molecule has 0 aromatic heterocycles. The highest BCUT2D eigenvalue weighted by molar-refractivity contribution is 9.11. The van der Waals surface area contributed by atoms with Gasteiger partial charge >= 0.3 is 0 Å². The smallest absolute Gasteiger partial charge is 0.276 e. The summed E-state index contributed by atoms with van der Waals surface area (Å²) in [5.41, 5.74) is 4.46. The summed E-state index contributed by atoms with van der Waals surface area (Å²) in [4.78, 5) is 23.4. The van der Waals surface area contributed by atoms with Gasteiger partial charge in [-0.05, 0) is 52.3 Å². The molecule has 0 saturated heterocycles. The number of amides is 2. The molecule has 0 spiro atoms. The number of rotatable bonds is 6. The van der Waals surface area contributed by atoms with Gasteiger partial charge in [-0.1, -0.05) is 43.5 Å². The van der Waals surface area contributed by atoms with Crippen LogP contribution >= 0.6 is 59.4 Å². The molecule has 2 N–H and O–H groups in total. The number of nitrogens with one attached hydrogen (secondary N) is 2. The molecule has 2 amide bonds. The molecule has 0 aliphatic heterocycles. The lowest BCUT2D eigenvalue weighted by molar-refractivity contribution is -0.131. The van der Waals surface area contributed by atoms with Crippen LogP contribution in [0.1, 0.15) is 0 Å². The van der Waals surface area contributed by atoms with E-state index in [0.717, 1.165) is 8.95 Å². The summed E-state index contributed by atoms with van der Waals surface area (Å²) >= 11 is 15.9. The van der Waals surface area contributed by atoms with Crippen molar-refractivity contribution in [2.75, 3.05) is 13.2 Å². The number of hydrazine groups is 1. The Morgan fingerprint density at radius 1 is 0.846 bits per heavy atom. The highest BCUT2D eigenvalue weighted by Crippen LogP contribution is 2.28. The normalized spacial score (nSPS) is 10.2. The summed E-state index contributed by atoms with van der Waals surface area (Å²) < 4.78 is 13.0. The van der Waals surface area contributed by atoms with Crippen molar-refractivity contribution in [1.82, 2.24) is 10.9 Å². The van der Waals surface area contributed by atoms with Gasteiger partial charge in [0.1, 0.15) is 11.5 Å². The fraction of sp³-hybridized carbons (Fsp3) is 0.125. The standard InChI is InChI=1S/C16H12Br3ClN2O4/c17-9-1-3-13(11(19)5-9)25-7-15(23)21-22-16(24)8-26-14-4-2-10(18)6-12(14)20/h1-6H,7-8H2,(H,21,23)(H,22,24). The van der Waals surface area contributed by atoms with E-state index in [9.17, 15) is 9.59 Å². The Labute approximate surface area is 179 Å². The Kier molecular flexibility index (Phi) is 8.20. The minimum Gasteiger partial charge on any atom is -0.483 e. The Balaban J connectivity index is 1.72. The maximum atomic E-state index is 11.7. The van der Waals surface area contributed by atoms with Crippen LogP contribution in [0.5, 0.6) is 11.5 Å². The SMILES string of the molecule is O=C(COc1ccc(Br)cc1Cl)NNC(=O)COc1ccc(Br)cc1Br. The quantitative estimate of drug-likeness (QED) is 0.509. The summed E-state index contributed by atoms with van der Waals surface area (Å²) in [5.74, 6) is -0.195. The summed E-state index contributed by atoms with van der Waals surface area (Å²) in [6.07, 6.45) is 0. The van der Waals surface area contributed by atoms with Gasteiger partial charge in [0.05, 0.1) is 9.50 Å². The molecule has 138 valence electrons. The molecule has 2 rings (SSSR count). The third-order valence-corrected chi connectivity index (χ3v) is 4.75. The van der Waals surface area contributed by atoms with Crippen molar-refractivity contribution >= 4 is 71.2 Å². The molecule has 10 heteroatoms. The van der Waals surface area contributed by atoms with Gasteiger partial charge in [-0.2, -0.15) is 0 Å². The zero-order valence-electron chi connectivity index (χ0n) is 13.0. The maximum absolute atomic E-state index is 11.7. The van der Waals surface area contributed by atoms with Gasteiger partial charge in [-0.15, -0.1) is 0 Å². The molecule has 0 heterocycles. The molecule has 26 heavy (non-hydrogen) atoms. The molecule has 0 saturated carbocycles. The van der Waals surface area contributed by atoms with Crippen LogP contribution in [-0.2, 0) is 9.59 Å². The highest BCUT2D eigenvalue weighted by atomic mass is 79.9. The first-order valence-electron chi connectivity index (χ1n) is 7.08. The van der Waals surface area contributed by atoms with Crippen molar-refractivity contribution in [3.05, 3.63) is 54.8 Å². The van der Waals surface area contributed by atoms with E-state index >= 15 is 0 Å². The van der Waals surface area contributed by atoms with E-state index in [2.05, 4.69) is 58.6 Å². The number of halogens is 4. The molecule has 6 nitrogen and oxygen atoms in total. The molecular weight excluding hydrogens is 559 g/mol. The van der Waals surface area contributed by atoms with E-state index in [0.29, 0.717) is 21.0 Å². The largest absolute Gasteiger partial charge is 0.483 e. The van der Waals surface area contributed by atoms with Gasteiger partial charge in [0.15, 0.2) is 13.2 Å². The van der Waals surface area contributed by atoms with Crippen LogP contribution in [0.3, 0.4) is 0 Å². The Bertz CT molecular complexity index is 753. The van der Waals surface area contributed by atoms with E-state index in [1.54, 1.807) is 36.4 Å². The van der Waals surface area contributed by atoms with E-state index in [1.807, 2.05) is 0 Å². The maximum Gasteiger partial charge on any atom is 0.276 e. The van der Waals surface area contributed by atoms with Crippen molar-refractivity contribution in [3.8, 4) is 11.5 Å². The predicted octanol–water partition coefficient (Wildman–Crippen LogP) is 4.23. The molecule has 0 unspecified atom stereocenters. The average molecular weight is 571 g/mol. The molecule has 0 radical (unpaired) electrons. The second kappa shape index (κ2) is 10.1. The molecule has 0 aliphatic rings. The van der Waals surface area contributed by atoms with Crippen LogP contribution in [0.15, 0.2) is 49.8 Å². The minimum absolute atomic E-state index is 0.264. The fourth-order valence-corrected chi connectivity index (χ4v) is 3.57. The van der Waals surface area contributed by atoms with Crippen LogP contribution < -0.4 is 20.3 Å².